The number of para-hydroxylation sites is 1. The van der Waals surface area contributed by atoms with Crippen molar-refractivity contribution in [3.8, 4) is 5.75 Å². The van der Waals surface area contributed by atoms with Crippen LogP contribution in [0.3, 0.4) is 0 Å². The van der Waals surface area contributed by atoms with E-state index in [1.54, 1.807) is 6.07 Å². The standard InChI is InChI=1S/C12H12F2O3/c1-2-16-11(15)12(13,14)9-5-3-4-8-6-7-17-10(8)9/h3-5H,2,6-7H2,1H3. The Balaban J connectivity index is 2.40. The van der Waals surface area contributed by atoms with Gasteiger partial charge in [-0.25, -0.2) is 4.79 Å². The molecule has 0 unspecified atom stereocenters. The molecular formula is C12H12F2O3. The van der Waals surface area contributed by atoms with Crippen LogP contribution in [0.25, 0.3) is 0 Å². The van der Waals surface area contributed by atoms with Crippen molar-refractivity contribution >= 4 is 5.97 Å². The van der Waals surface area contributed by atoms with Crippen LogP contribution in [0.4, 0.5) is 8.78 Å². The number of halogens is 2. The highest BCUT2D eigenvalue weighted by atomic mass is 19.3. The third kappa shape index (κ3) is 1.97. The van der Waals surface area contributed by atoms with Crippen molar-refractivity contribution < 1.29 is 23.0 Å². The van der Waals surface area contributed by atoms with Crippen molar-refractivity contribution in [1.82, 2.24) is 0 Å². The summed E-state index contributed by atoms with van der Waals surface area (Å²) < 4.78 is 37.2. The number of carbonyl (C=O) groups is 1. The Kier molecular flexibility index (Phi) is 3.00. The molecule has 17 heavy (non-hydrogen) atoms. The third-order valence-corrected chi connectivity index (χ3v) is 2.58. The third-order valence-electron chi connectivity index (χ3n) is 2.58. The molecule has 1 aliphatic heterocycles. The van der Waals surface area contributed by atoms with E-state index in [-0.39, 0.29) is 12.4 Å². The predicted molar refractivity (Wildman–Crippen MR) is 56.2 cm³/mol. The summed E-state index contributed by atoms with van der Waals surface area (Å²) in [5, 5.41) is 0. The fourth-order valence-electron chi connectivity index (χ4n) is 1.79. The Morgan fingerprint density at radius 3 is 3.00 bits per heavy atom. The minimum absolute atomic E-state index is 0.0791. The van der Waals surface area contributed by atoms with Crippen molar-refractivity contribution in [2.45, 2.75) is 19.3 Å². The van der Waals surface area contributed by atoms with Crippen LogP contribution < -0.4 is 4.74 Å². The second-order valence-electron chi connectivity index (χ2n) is 3.69. The van der Waals surface area contributed by atoms with E-state index in [4.69, 9.17) is 4.74 Å². The second kappa shape index (κ2) is 4.31. The molecular weight excluding hydrogens is 230 g/mol. The molecule has 1 aromatic carbocycles. The molecule has 3 nitrogen and oxygen atoms in total. The molecule has 0 aliphatic carbocycles. The van der Waals surface area contributed by atoms with Gasteiger partial charge in [0.05, 0.1) is 18.8 Å². The quantitative estimate of drug-likeness (QED) is 0.763. The van der Waals surface area contributed by atoms with Crippen LogP contribution in [-0.2, 0) is 21.9 Å². The van der Waals surface area contributed by atoms with Crippen molar-refractivity contribution in [2.75, 3.05) is 13.2 Å². The van der Waals surface area contributed by atoms with Crippen molar-refractivity contribution in [3.63, 3.8) is 0 Å². The number of hydrogen-bond donors (Lipinski definition) is 0. The van der Waals surface area contributed by atoms with Crippen LogP contribution in [0.15, 0.2) is 18.2 Å². The zero-order chi connectivity index (χ0) is 12.5. The highest BCUT2D eigenvalue weighted by molar-refractivity contribution is 5.80. The Labute approximate surface area is 97.3 Å². The molecule has 0 bridgehead atoms. The SMILES string of the molecule is CCOC(=O)C(F)(F)c1cccc2c1OCC2. The van der Waals surface area contributed by atoms with Gasteiger partial charge in [-0.05, 0) is 18.6 Å². The van der Waals surface area contributed by atoms with Gasteiger partial charge in [-0.3, -0.25) is 0 Å². The highest BCUT2D eigenvalue weighted by Crippen LogP contribution is 2.40. The van der Waals surface area contributed by atoms with Gasteiger partial charge in [0.1, 0.15) is 5.75 Å². The Morgan fingerprint density at radius 1 is 1.53 bits per heavy atom. The first-order valence-corrected chi connectivity index (χ1v) is 5.37. The van der Waals surface area contributed by atoms with E-state index < -0.39 is 17.5 Å². The smallest absolute Gasteiger partial charge is 0.382 e. The maximum Gasteiger partial charge on any atom is 0.382 e. The Morgan fingerprint density at radius 2 is 2.29 bits per heavy atom. The van der Waals surface area contributed by atoms with Gasteiger partial charge in [0.15, 0.2) is 0 Å². The maximum absolute atomic E-state index is 13.8. The van der Waals surface area contributed by atoms with Crippen LogP contribution >= 0.6 is 0 Å². The first kappa shape index (κ1) is 11.8. The van der Waals surface area contributed by atoms with Gasteiger partial charge in [0.2, 0.25) is 0 Å². The molecule has 0 spiro atoms. The van der Waals surface area contributed by atoms with Crippen LogP contribution in [0.2, 0.25) is 0 Å². The van der Waals surface area contributed by atoms with Crippen LogP contribution in [0.5, 0.6) is 5.75 Å². The zero-order valence-corrected chi connectivity index (χ0v) is 9.33. The lowest BCUT2D eigenvalue weighted by atomic mass is 10.0. The number of alkyl halides is 2. The topological polar surface area (TPSA) is 35.5 Å². The largest absolute Gasteiger partial charge is 0.492 e. The predicted octanol–water partition coefficient (Wildman–Crippen LogP) is 2.28. The zero-order valence-electron chi connectivity index (χ0n) is 9.33. The van der Waals surface area contributed by atoms with Crippen LogP contribution in [-0.4, -0.2) is 19.2 Å². The average Bonchev–Trinajstić information content (AvgIpc) is 2.76. The lowest BCUT2D eigenvalue weighted by Gasteiger charge is -2.17. The minimum Gasteiger partial charge on any atom is -0.492 e. The van der Waals surface area contributed by atoms with Gasteiger partial charge in [-0.1, -0.05) is 12.1 Å². The average molecular weight is 242 g/mol. The van der Waals surface area contributed by atoms with E-state index in [2.05, 4.69) is 4.74 Å². The fourth-order valence-corrected chi connectivity index (χ4v) is 1.79. The molecule has 0 saturated carbocycles. The molecule has 0 amide bonds. The van der Waals surface area contributed by atoms with E-state index in [1.165, 1.54) is 19.1 Å². The number of benzene rings is 1. The molecule has 0 radical (unpaired) electrons. The van der Waals surface area contributed by atoms with Gasteiger partial charge in [0, 0.05) is 6.42 Å². The lowest BCUT2D eigenvalue weighted by molar-refractivity contribution is -0.173. The Bertz CT molecular complexity index is 443. The molecule has 0 N–H and O–H groups in total. The summed E-state index contributed by atoms with van der Waals surface area (Å²) in [5.41, 5.74) is 0.289. The summed E-state index contributed by atoms with van der Waals surface area (Å²) in [5.74, 6) is -5.08. The van der Waals surface area contributed by atoms with E-state index in [9.17, 15) is 13.6 Å². The van der Waals surface area contributed by atoms with E-state index in [0.29, 0.717) is 18.6 Å². The number of ether oxygens (including phenoxy) is 2. The summed E-state index contributed by atoms with van der Waals surface area (Å²) in [6.07, 6.45) is 0.585. The minimum atomic E-state index is -3.66. The summed E-state index contributed by atoms with van der Waals surface area (Å²) >= 11 is 0. The monoisotopic (exact) mass is 242 g/mol. The van der Waals surface area contributed by atoms with Gasteiger partial charge < -0.3 is 9.47 Å². The molecule has 0 atom stereocenters. The number of rotatable bonds is 3. The summed E-state index contributed by atoms with van der Waals surface area (Å²) in [6.45, 7) is 1.77. The lowest BCUT2D eigenvalue weighted by Crippen LogP contribution is -2.28. The number of esters is 1. The molecule has 1 aliphatic rings. The van der Waals surface area contributed by atoms with Crippen molar-refractivity contribution in [2.24, 2.45) is 0 Å². The van der Waals surface area contributed by atoms with Crippen molar-refractivity contribution in [3.05, 3.63) is 29.3 Å². The molecule has 1 heterocycles. The number of hydrogen-bond acceptors (Lipinski definition) is 3. The summed E-state index contributed by atoms with van der Waals surface area (Å²) in [7, 11) is 0. The molecule has 0 saturated heterocycles. The van der Waals surface area contributed by atoms with E-state index in [0.717, 1.165) is 0 Å². The number of carbonyl (C=O) groups excluding carboxylic acids is 1. The van der Waals surface area contributed by atoms with E-state index >= 15 is 0 Å². The summed E-state index contributed by atoms with van der Waals surface area (Å²) in [6, 6.07) is 4.41. The first-order chi connectivity index (χ1) is 8.07. The van der Waals surface area contributed by atoms with E-state index in [1.807, 2.05) is 0 Å². The molecule has 1 aromatic rings. The van der Waals surface area contributed by atoms with Gasteiger partial charge in [0.25, 0.3) is 0 Å². The first-order valence-electron chi connectivity index (χ1n) is 5.37. The van der Waals surface area contributed by atoms with Crippen LogP contribution in [0, 0.1) is 0 Å². The molecule has 5 heteroatoms. The van der Waals surface area contributed by atoms with Gasteiger partial charge in [-0.15, -0.1) is 0 Å². The molecule has 0 fully saturated rings. The molecule has 92 valence electrons. The normalized spacial score (nSPS) is 14.1. The second-order valence-corrected chi connectivity index (χ2v) is 3.69. The molecule has 0 aromatic heterocycles. The summed E-state index contributed by atoms with van der Waals surface area (Å²) in [4.78, 5) is 11.2. The Hall–Kier alpha value is -1.65. The van der Waals surface area contributed by atoms with Crippen molar-refractivity contribution in [1.29, 1.82) is 0 Å². The number of fused-ring (bicyclic) bond motifs is 1. The molecule has 2 rings (SSSR count). The maximum atomic E-state index is 13.8. The fraction of sp³-hybridized carbons (Fsp3) is 0.417. The van der Waals surface area contributed by atoms with Gasteiger partial charge in [-0.2, -0.15) is 8.78 Å². The van der Waals surface area contributed by atoms with Crippen LogP contribution in [0.1, 0.15) is 18.1 Å². The highest BCUT2D eigenvalue weighted by Gasteiger charge is 2.46. The van der Waals surface area contributed by atoms with Gasteiger partial charge >= 0.3 is 11.9 Å².